The molecule has 0 saturated carbocycles. The minimum absolute atomic E-state index is 0.126. The number of nitrogens with one attached hydrogen (secondary N) is 1. The number of hydrogen-bond acceptors (Lipinski definition) is 5. The lowest BCUT2D eigenvalue weighted by Gasteiger charge is -2.21. The number of phenols is 1. The molecule has 5 nitrogen and oxygen atoms in total. The number of benzene rings is 3. The maximum atomic E-state index is 10.7. The number of aliphatic hydroxyl groups excluding tert-OH is 1. The molecule has 0 atom stereocenters. The van der Waals surface area contributed by atoms with Crippen molar-refractivity contribution in [3.63, 3.8) is 0 Å². The molecule has 5 rings (SSSR count). The highest BCUT2D eigenvalue weighted by atomic mass is 32.1. The van der Waals surface area contributed by atoms with Gasteiger partial charge < -0.3 is 15.1 Å². The number of phenolic OH excluding ortho intramolecular Hbond substituents is 1. The Bertz CT molecular complexity index is 1280. The fraction of sp³-hybridized carbons (Fsp3) is 0.0435. The number of fused-ring (bicyclic) bond motifs is 1. The third-order valence-electron chi connectivity index (χ3n) is 5.06. The van der Waals surface area contributed by atoms with E-state index in [0.717, 1.165) is 22.3 Å². The van der Waals surface area contributed by atoms with Crippen molar-refractivity contribution >= 4 is 39.2 Å². The quantitative estimate of drug-likeness (QED) is 0.429. The van der Waals surface area contributed by atoms with Crippen LogP contribution in [0.2, 0.25) is 0 Å². The van der Waals surface area contributed by atoms with Crippen LogP contribution in [0.25, 0.3) is 27.6 Å². The van der Waals surface area contributed by atoms with E-state index in [-0.39, 0.29) is 23.9 Å². The van der Waals surface area contributed by atoms with Gasteiger partial charge in [-0.15, -0.1) is 11.3 Å². The Morgan fingerprint density at radius 2 is 1.66 bits per heavy atom. The van der Waals surface area contributed by atoms with Crippen LogP contribution in [-0.2, 0) is 0 Å². The predicted molar refractivity (Wildman–Crippen MR) is 118 cm³/mol. The molecule has 29 heavy (non-hydrogen) atoms. The zero-order chi connectivity index (χ0) is 20.0. The van der Waals surface area contributed by atoms with E-state index in [9.17, 15) is 10.2 Å². The van der Waals surface area contributed by atoms with Crippen molar-refractivity contribution in [2.24, 2.45) is 0 Å². The van der Waals surface area contributed by atoms with Crippen LogP contribution in [0.3, 0.4) is 0 Å². The van der Waals surface area contributed by atoms with Crippen LogP contribution in [-0.4, -0.2) is 27.6 Å². The molecule has 0 radical (unpaired) electrons. The molecule has 0 amide bonds. The summed E-state index contributed by atoms with van der Waals surface area (Å²) in [5.74, 6) is 0.522. The van der Waals surface area contributed by atoms with Gasteiger partial charge in [0.15, 0.2) is 0 Å². The topological polar surface area (TPSA) is 80.4 Å². The fourth-order valence-electron chi connectivity index (χ4n) is 3.65. The Morgan fingerprint density at radius 1 is 0.897 bits per heavy atom. The third-order valence-corrected chi connectivity index (χ3v) is 5.92. The van der Waals surface area contributed by atoms with Crippen molar-refractivity contribution in [3.05, 3.63) is 82.9 Å². The van der Waals surface area contributed by atoms with E-state index < -0.39 is 0 Å². The molecule has 0 saturated heterocycles. The zero-order valence-corrected chi connectivity index (χ0v) is 16.1. The number of aliphatic hydroxyl groups is 1. The second-order valence-electron chi connectivity index (χ2n) is 6.81. The van der Waals surface area contributed by atoms with Gasteiger partial charge in [-0.25, -0.2) is 4.98 Å². The molecule has 1 aliphatic rings. The summed E-state index contributed by atoms with van der Waals surface area (Å²) in [5, 5.41) is 33.7. The average Bonchev–Trinajstić information content (AvgIpc) is 3.33. The Morgan fingerprint density at radius 3 is 2.48 bits per heavy atom. The van der Waals surface area contributed by atoms with E-state index in [1.54, 1.807) is 17.0 Å². The van der Waals surface area contributed by atoms with Gasteiger partial charge in [-0.1, -0.05) is 54.6 Å². The lowest BCUT2D eigenvalue weighted by molar-refractivity contribution is 0.411. The Hall–Kier alpha value is -3.64. The zero-order valence-electron chi connectivity index (χ0n) is 15.3. The van der Waals surface area contributed by atoms with Crippen molar-refractivity contribution in [3.8, 4) is 17.0 Å². The Labute approximate surface area is 171 Å². The predicted octanol–water partition coefficient (Wildman–Crippen LogP) is 5.44. The van der Waals surface area contributed by atoms with Gasteiger partial charge in [0.1, 0.15) is 22.4 Å². The first-order chi connectivity index (χ1) is 14.1. The lowest BCUT2D eigenvalue weighted by Crippen LogP contribution is -2.26. The number of amidine groups is 1. The maximum Gasteiger partial charge on any atom is 0.139 e. The summed E-state index contributed by atoms with van der Waals surface area (Å²) >= 11 is 1.42. The molecular weight excluding hydrogens is 382 g/mol. The Balaban J connectivity index is 1.53. The molecule has 2 heterocycles. The van der Waals surface area contributed by atoms with Crippen molar-refractivity contribution in [1.29, 1.82) is 5.41 Å². The molecule has 1 aliphatic heterocycles. The van der Waals surface area contributed by atoms with Gasteiger partial charge in [-0.2, -0.15) is 0 Å². The summed E-state index contributed by atoms with van der Waals surface area (Å²) in [6.07, 6.45) is 0. The number of aromatic nitrogens is 1. The Kier molecular flexibility index (Phi) is 4.07. The standard InChI is InChI=1S/C23H17N3O2S/c24-22-21(23-25-17(13-29-23)14-6-2-1-3-7-14)20(28)12-26(22)18-10-4-9-16-15(18)8-5-11-19(16)27/h1-11,13,24,27-28H,12H2. The summed E-state index contributed by atoms with van der Waals surface area (Å²) < 4.78 is 0. The minimum atomic E-state index is 0.126. The van der Waals surface area contributed by atoms with Gasteiger partial charge in [-0.3, -0.25) is 5.41 Å². The normalized spacial score (nSPS) is 14.2. The van der Waals surface area contributed by atoms with E-state index in [2.05, 4.69) is 4.98 Å². The first-order valence-corrected chi connectivity index (χ1v) is 10.0. The van der Waals surface area contributed by atoms with Gasteiger partial charge in [0.05, 0.1) is 23.5 Å². The van der Waals surface area contributed by atoms with Gasteiger partial charge in [0.2, 0.25) is 0 Å². The molecule has 1 aromatic heterocycles. The second kappa shape index (κ2) is 6.76. The summed E-state index contributed by atoms with van der Waals surface area (Å²) in [5.41, 5.74) is 3.05. The molecular formula is C23H17N3O2S. The molecule has 0 aliphatic carbocycles. The van der Waals surface area contributed by atoms with Crippen LogP contribution < -0.4 is 4.90 Å². The highest BCUT2D eigenvalue weighted by molar-refractivity contribution is 7.11. The molecule has 6 heteroatoms. The molecule has 142 valence electrons. The van der Waals surface area contributed by atoms with Gasteiger partial charge in [-0.05, 0) is 12.1 Å². The summed E-state index contributed by atoms with van der Waals surface area (Å²) in [6, 6.07) is 20.8. The smallest absolute Gasteiger partial charge is 0.139 e. The molecule has 3 aromatic carbocycles. The number of anilines is 1. The largest absolute Gasteiger partial charge is 0.510 e. The number of nitrogens with zero attached hydrogens (tertiary/aromatic N) is 2. The molecule has 3 N–H and O–H groups in total. The highest BCUT2D eigenvalue weighted by Gasteiger charge is 2.32. The summed E-state index contributed by atoms with van der Waals surface area (Å²) in [4.78, 5) is 6.41. The van der Waals surface area contributed by atoms with E-state index >= 15 is 0 Å². The first-order valence-electron chi connectivity index (χ1n) is 9.14. The first kappa shape index (κ1) is 17.5. The molecule has 0 bridgehead atoms. The molecule has 4 aromatic rings. The van der Waals surface area contributed by atoms with Crippen LogP contribution in [0.5, 0.6) is 5.75 Å². The number of aromatic hydroxyl groups is 1. The van der Waals surface area contributed by atoms with Crippen LogP contribution >= 0.6 is 11.3 Å². The van der Waals surface area contributed by atoms with Crippen molar-refractivity contribution < 1.29 is 10.2 Å². The van der Waals surface area contributed by atoms with Crippen LogP contribution in [0.15, 0.2) is 77.9 Å². The van der Waals surface area contributed by atoms with Crippen LogP contribution in [0, 0.1) is 5.41 Å². The number of thiazole rings is 1. The van der Waals surface area contributed by atoms with Crippen molar-refractivity contribution in [2.75, 3.05) is 11.4 Å². The van der Waals surface area contributed by atoms with E-state index in [0.29, 0.717) is 16.0 Å². The summed E-state index contributed by atoms with van der Waals surface area (Å²) in [6.45, 7) is 0.198. The van der Waals surface area contributed by atoms with Gasteiger partial charge >= 0.3 is 0 Å². The van der Waals surface area contributed by atoms with Crippen LogP contribution in [0.4, 0.5) is 5.69 Å². The maximum absolute atomic E-state index is 10.7. The average molecular weight is 399 g/mol. The molecule has 0 fully saturated rings. The monoisotopic (exact) mass is 399 g/mol. The van der Waals surface area contributed by atoms with Crippen molar-refractivity contribution in [2.45, 2.75) is 0 Å². The summed E-state index contributed by atoms with van der Waals surface area (Å²) in [7, 11) is 0. The molecule has 0 spiro atoms. The lowest BCUT2D eigenvalue weighted by atomic mass is 10.1. The number of rotatable bonds is 3. The van der Waals surface area contributed by atoms with Crippen molar-refractivity contribution in [1.82, 2.24) is 4.98 Å². The minimum Gasteiger partial charge on any atom is -0.510 e. The third kappa shape index (κ3) is 2.85. The van der Waals surface area contributed by atoms with E-state index in [4.69, 9.17) is 5.41 Å². The number of hydrogen-bond donors (Lipinski definition) is 3. The van der Waals surface area contributed by atoms with Gasteiger partial charge in [0.25, 0.3) is 0 Å². The SMILES string of the molecule is N=C1C(c2nc(-c3ccccc3)cs2)=C(O)CN1c1cccc2c(O)cccc12. The van der Waals surface area contributed by atoms with Gasteiger partial charge in [0, 0.05) is 21.7 Å². The fourth-order valence-corrected chi connectivity index (χ4v) is 4.55. The van der Waals surface area contributed by atoms with E-state index in [1.165, 1.54) is 11.3 Å². The molecule has 0 unspecified atom stereocenters. The van der Waals surface area contributed by atoms with Crippen LogP contribution in [0.1, 0.15) is 5.01 Å². The highest BCUT2D eigenvalue weighted by Crippen LogP contribution is 2.38. The second-order valence-corrected chi connectivity index (χ2v) is 7.67. The van der Waals surface area contributed by atoms with E-state index in [1.807, 2.05) is 60.0 Å².